The van der Waals surface area contributed by atoms with Crippen molar-refractivity contribution in [1.29, 1.82) is 0 Å². The van der Waals surface area contributed by atoms with Crippen LogP contribution in [0, 0.1) is 20.2 Å². The highest BCUT2D eigenvalue weighted by molar-refractivity contribution is 8.26. The molecule has 2 aromatic carbocycles. The molecule has 0 amide bonds. The van der Waals surface area contributed by atoms with Crippen molar-refractivity contribution < 1.29 is 19.0 Å². The van der Waals surface area contributed by atoms with Gasteiger partial charge in [-0.2, -0.15) is 0 Å². The van der Waals surface area contributed by atoms with Gasteiger partial charge in [-0.3, -0.25) is 24.8 Å². The van der Waals surface area contributed by atoms with Gasteiger partial charge in [0.2, 0.25) is 0 Å². The van der Waals surface area contributed by atoms with Crippen LogP contribution in [0.3, 0.4) is 0 Å². The van der Waals surface area contributed by atoms with E-state index < -0.39 is 98.6 Å². The number of alkyl halides is 1. The predicted octanol–water partition coefficient (Wildman–Crippen LogP) is -1.91. The smallest absolute Gasteiger partial charge is 0.419 e. The molecule has 2 heterocycles. The highest BCUT2D eigenvalue weighted by Gasteiger charge is 2.51. The maximum atomic E-state index is 11.5. The fourth-order valence-corrected chi connectivity index (χ4v) is 7.97. The molecule has 0 unspecified atom stereocenters. The number of nitrogens with one attached hydrogen (secondary N) is 1. The van der Waals surface area contributed by atoms with Crippen molar-refractivity contribution in [3.05, 3.63) is 229 Å². The van der Waals surface area contributed by atoms with E-state index in [-0.39, 0.29) is 11.4 Å². The average molecular weight is 1090 g/mol. The van der Waals surface area contributed by atoms with Crippen molar-refractivity contribution in [3.63, 3.8) is 0 Å². The number of nitro groups is 2. The van der Waals surface area contributed by atoms with Crippen LogP contribution in [0.1, 0.15) is 12.8 Å². The minimum Gasteiger partial charge on any atom is -0.491 e. The predicted molar refractivity (Wildman–Crippen MR) is 378 cm³/mol. The first kappa shape index (κ1) is 77.3. The van der Waals surface area contributed by atoms with Crippen molar-refractivity contribution in [2.75, 3.05) is 24.3 Å². The van der Waals surface area contributed by atoms with E-state index in [4.69, 9.17) is 137 Å². The number of aryl methyl sites for hydroxylation is 1. The normalized spacial score (nSPS) is 8.75. The number of nitro benzene ring substituents is 2. The van der Waals surface area contributed by atoms with Crippen molar-refractivity contribution in [3.8, 4) is 5.75 Å². The molecule has 40 heteroatoms. The lowest BCUT2D eigenvalue weighted by atomic mass is 8.32. The third kappa shape index (κ3) is 29.9. The zero-order valence-corrected chi connectivity index (χ0v) is 47.6. The molecule has 30 radical (unpaired) electrons. The number of oxazole rings is 1. The lowest BCUT2D eigenvalue weighted by molar-refractivity contribution is -0.384. The molecule has 0 saturated heterocycles. The lowest BCUT2D eigenvalue weighted by Gasteiger charge is -2.49. The van der Waals surface area contributed by atoms with E-state index in [0.717, 1.165) is 13.0 Å². The molecule has 11 nitrogen and oxygen atoms in total. The Labute approximate surface area is 537 Å². The van der Waals surface area contributed by atoms with Gasteiger partial charge < -0.3 is 14.5 Å². The van der Waals surface area contributed by atoms with Gasteiger partial charge >= 0.3 is 5.76 Å². The van der Waals surface area contributed by atoms with Gasteiger partial charge in [-0.05, 0) is 130 Å². The second-order valence-electron chi connectivity index (χ2n) is 17.4. The van der Waals surface area contributed by atoms with Gasteiger partial charge in [0.05, 0.1) is 27.7 Å². The van der Waals surface area contributed by atoms with E-state index in [1.54, 1.807) is 6.07 Å². The number of ether oxygens (including phenoxy) is 1. The molecule has 1 aliphatic heterocycles. The van der Waals surface area contributed by atoms with Crippen LogP contribution in [-0.4, -0.2) is 233 Å². The topological polar surface area (TPSA) is 143 Å². The Morgan fingerprint density at radius 2 is 0.874 bits per heavy atom. The summed E-state index contributed by atoms with van der Waals surface area (Å²) in [7, 11) is 89.6. The molecule has 3 aromatic rings. The minimum atomic E-state index is -1.03. The van der Waals surface area contributed by atoms with E-state index in [0.29, 0.717) is 48.0 Å². The summed E-state index contributed by atoms with van der Waals surface area (Å²) in [5, 5.41) is 24.2. The van der Waals surface area contributed by atoms with E-state index >= 15 is 0 Å². The minimum absolute atomic E-state index is 0.0714. The number of rotatable bonds is 17. The largest absolute Gasteiger partial charge is 0.491 e. The Hall–Kier alpha value is -7.76. The molecule has 364 valence electrons. The molecule has 0 aliphatic carbocycles. The quantitative estimate of drug-likeness (QED) is 0.0544. The van der Waals surface area contributed by atoms with Gasteiger partial charge in [0.25, 0.3) is 11.4 Å². The van der Waals surface area contributed by atoms with Gasteiger partial charge in [-0.15, -0.1) is 11.6 Å². The van der Waals surface area contributed by atoms with Gasteiger partial charge in [-0.1, -0.05) is 11.5 Å². The summed E-state index contributed by atoms with van der Waals surface area (Å²) in [5.74, 6) is 0.576. The molecule has 87 heavy (non-hydrogen) atoms. The summed E-state index contributed by atoms with van der Waals surface area (Å²) in [6, 6.07) is 8.63. The summed E-state index contributed by atoms with van der Waals surface area (Å²) in [6.45, 7) is 8.43. The van der Waals surface area contributed by atoms with E-state index in [2.05, 4.69) is 167 Å². The second-order valence-corrected chi connectivity index (χ2v) is 17.8. The highest BCUT2D eigenvalue weighted by Crippen LogP contribution is 2.30. The highest BCUT2D eigenvalue weighted by atomic mass is 35.5. The molecule has 4 rings (SSSR count). The summed E-state index contributed by atoms with van der Waals surface area (Å²) in [6.07, 6.45) is -10.7. The van der Waals surface area contributed by atoms with Crippen LogP contribution < -0.4 is 15.8 Å². The SMILES string of the molecule is C=C=C=C=C=C=C=C=C=C=C=C=C=C=C=C=C=C=C=C=C=C=C=C=C=C=C=C.O=[N+]([O-])c1ccc2c(c1)NCCCO2.O=c1oc2ccc([N+](=O)[O-])cc2n1CCCCl.[B]B([B])B([B])B(B(B([B])[B])B([B])[B])B(B(B([B])[B])B([B])[B])B(B([B])[B])B([B])[B]. The van der Waals surface area contributed by atoms with Crippen LogP contribution in [0.5, 0.6) is 5.75 Å². The standard InChI is InChI=1S/C28H4.C10H9ClN2O4.C9H10N2O3.B28/c1-3-5-7-9-11-13-15-17-19-21-23-25-27-28-26-24-22-20-18-16-14-12-10-8-6-4-2;11-4-1-5-12-8-6-7(13(15)16)2-3-9(8)17-10(12)14;12-11(13)7-2-3-9-8(6-7)10-4-1-5-14-9;1-16(2)23(15)27(24(17(3)4)18(5)6)28(25(19(7)8)20(9)10)26(21(11)12)22(13)14/h1-2H2;2-3,6H,1,4-5H2;2-3,6,10H,1,4-5H2;. The van der Waals surface area contributed by atoms with E-state index in [9.17, 15) is 25.0 Å². The van der Waals surface area contributed by atoms with Gasteiger partial charge in [0.1, 0.15) is 5.75 Å². The molecule has 0 saturated carbocycles. The summed E-state index contributed by atoms with van der Waals surface area (Å²) < 4.78 is 11.7. The van der Waals surface area contributed by atoms with Crippen LogP contribution in [0.4, 0.5) is 17.1 Å². The Kier molecular flexibility index (Phi) is 39.6. The van der Waals surface area contributed by atoms with Crippen LogP contribution in [0.2, 0.25) is 0 Å². The zero-order valence-electron chi connectivity index (χ0n) is 46.9. The molecule has 0 fully saturated rings. The average Bonchev–Trinajstić information content (AvgIpc) is 1.38. The molecule has 1 N–H and O–H groups in total. The number of hydrogen-bond acceptors (Lipinski definition) is 8. The van der Waals surface area contributed by atoms with Crippen molar-refractivity contribution >= 4 is 239 Å². The molecule has 1 aliphatic rings. The number of hydrogen-bond donors (Lipinski definition) is 1. The lowest BCUT2D eigenvalue weighted by Crippen LogP contribution is -2.87. The van der Waals surface area contributed by atoms with E-state index in [1.165, 1.54) is 34.9 Å². The molecular formula is C47H23B28ClN4O7. The number of nitrogens with zero attached hydrogens (tertiary/aromatic N) is 3. The fraction of sp³-hybridized carbons (Fsp3) is 0.128. The van der Waals surface area contributed by atoms with Crippen molar-refractivity contribution in [2.24, 2.45) is 0 Å². The third-order valence-electron chi connectivity index (χ3n) is 11.4. The first-order valence-corrected chi connectivity index (χ1v) is 25.9. The fourth-order valence-electron chi connectivity index (χ4n) is 7.85. The van der Waals surface area contributed by atoms with Crippen LogP contribution >= 0.6 is 11.6 Å². The molecule has 0 bridgehead atoms. The van der Waals surface area contributed by atoms with Gasteiger partial charge in [0.15, 0.2) is 5.58 Å². The number of non-ortho nitro benzene ring substituents is 2. The van der Waals surface area contributed by atoms with E-state index in [1.807, 2.05) is 0 Å². The number of halogens is 1. The molecule has 0 atom stereocenters. The van der Waals surface area contributed by atoms with Gasteiger partial charge in [0, 0.05) is 288 Å². The number of benzene rings is 2. The zero-order chi connectivity index (χ0) is 65.3. The van der Waals surface area contributed by atoms with Crippen LogP contribution in [0.25, 0.3) is 11.1 Å². The molecular weight excluding hydrogens is 1070 g/mol. The van der Waals surface area contributed by atoms with Crippen molar-refractivity contribution in [1.82, 2.24) is 4.57 Å². The van der Waals surface area contributed by atoms with Gasteiger partial charge in [-0.25, -0.2) is 4.79 Å². The second kappa shape index (κ2) is 44.7. The van der Waals surface area contributed by atoms with Crippen molar-refractivity contribution in [2.45, 2.75) is 19.4 Å². The summed E-state index contributed by atoms with van der Waals surface area (Å²) >= 11 is 5.55. The summed E-state index contributed by atoms with van der Waals surface area (Å²) in [5.41, 5.74) is 65.9. The number of fused-ring (bicyclic) bond motifs is 2. The number of aromatic nitrogens is 1. The van der Waals surface area contributed by atoms with Crippen LogP contribution in [-0.2, 0) is 6.54 Å². The first-order chi connectivity index (χ1) is 41.5. The maximum absolute atomic E-state index is 11.5. The molecule has 1 aromatic heterocycles. The number of anilines is 1. The maximum Gasteiger partial charge on any atom is 0.419 e. The summed E-state index contributed by atoms with van der Waals surface area (Å²) in [4.78, 5) is 31.7. The Bertz CT molecular complexity index is 3860. The first-order valence-electron chi connectivity index (χ1n) is 25.4. The Balaban J connectivity index is 0.000000599. The third-order valence-corrected chi connectivity index (χ3v) is 11.7. The van der Waals surface area contributed by atoms with Crippen LogP contribution in [0.15, 0.2) is 208 Å². The Morgan fingerprint density at radius 1 is 0.517 bits per heavy atom. The molecule has 0 spiro atoms. The Morgan fingerprint density at radius 3 is 1.22 bits per heavy atom. The monoisotopic (exact) mass is 1100 g/mol.